The van der Waals surface area contributed by atoms with E-state index in [0.717, 1.165) is 77.1 Å². The van der Waals surface area contributed by atoms with Gasteiger partial charge in [0.1, 0.15) is 22.3 Å². The van der Waals surface area contributed by atoms with E-state index in [0.29, 0.717) is 17.5 Å². The number of thiophene rings is 1. The van der Waals surface area contributed by atoms with Gasteiger partial charge in [-0.05, 0) is 59.7 Å². The van der Waals surface area contributed by atoms with E-state index in [9.17, 15) is 0 Å². The van der Waals surface area contributed by atoms with Crippen LogP contribution in [-0.4, -0.2) is 15.0 Å². The molecule has 0 N–H and O–H groups in total. The Morgan fingerprint density at radius 2 is 1.02 bits per heavy atom. The highest BCUT2D eigenvalue weighted by Crippen LogP contribution is 2.41. The van der Waals surface area contributed by atoms with Gasteiger partial charge in [-0.2, -0.15) is 0 Å². The first-order valence-electron chi connectivity index (χ1n) is 16.8. The lowest BCUT2D eigenvalue weighted by Crippen LogP contribution is -2.00. The smallest absolute Gasteiger partial charge is 0.164 e. The normalized spacial score (nSPS) is 11.9. The molecule has 0 aliphatic heterocycles. The SMILES string of the molecule is c1ccc(-c2nc(-c3ccc4c(c3)oc3ccc(-c5cccc6oc7ccccc7c56)cc34)nc(-c3cccc4sc5ccccc5c34)n2)cc1. The monoisotopic (exact) mass is 671 g/mol. The van der Waals surface area contributed by atoms with Crippen LogP contribution in [0.1, 0.15) is 0 Å². The van der Waals surface area contributed by atoms with Crippen molar-refractivity contribution in [2.75, 3.05) is 0 Å². The second kappa shape index (κ2) is 10.9. The molecular weight excluding hydrogens is 647 g/mol. The van der Waals surface area contributed by atoms with Crippen LogP contribution in [-0.2, 0) is 0 Å². The molecule has 0 saturated carbocycles. The Bertz CT molecular complexity index is 3160. The number of hydrogen-bond donors (Lipinski definition) is 0. The van der Waals surface area contributed by atoms with Crippen molar-refractivity contribution in [3.63, 3.8) is 0 Å². The van der Waals surface area contributed by atoms with Gasteiger partial charge in [-0.1, -0.05) is 103 Å². The molecule has 0 bridgehead atoms. The van der Waals surface area contributed by atoms with E-state index in [4.69, 9.17) is 23.8 Å². The van der Waals surface area contributed by atoms with Crippen molar-refractivity contribution in [3.05, 3.63) is 152 Å². The highest BCUT2D eigenvalue weighted by Gasteiger charge is 2.19. The van der Waals surface area contributed by atoms with Gasteiger partial charge in [0.2, 0.25) is 0 Å². The lowest BCUT2D eigenvalue weighted by molar-refractivity contribution is 0.669. The van der Waals surface area contributed by atoms with Crippen molar-refractivity contribution >= 4 is 75.4 Å². The fourth-order valence-corrected chi connectivity index (χ4v) is 8.53. The molecule has 0 aliphatic carbocycles. The van der Waals surface area contributed by atoms with E-state index in [-0.39, 0.29) is 0 Å². The van der Waals surface area contributed by atoms with Crippen LogP contribution in [0.15, 0.2) is 160 Å². The Kier molecular flexibility index (Phi) is 6.05. The van der Waals surface area contributed by atoms with Gasteiger partial charge in [-0.3, -0.25) is 0 Å². The average Bonchev–Trinajstić information content (AvgIpc) is 3.88. The molecule has 0 radical (unpaired) electrons. The zero-order chi connectivity index (χ0) is 33.5. The summed E-state index contributed by atoms with van der Waals surface area (Å²) in [5.41, 5.74) is 8.39. The maximum absolute atomic E-state index is 6.49. The third-order valence-corrected chi connectivity index (χ3v) is 10.9. The molecule has 238 valence electrons. The van der Waals surface area contributed by atoms with Crippen molar-refractivity contribution in [1.29, 1.82) is 0 Å². The summed E-state index contributed by atoms with van der Waals surface area (Å²) >= 11 is 1.79. The van der Waals surface area contributed by atoms with Crippen molar-refractivity contribution in [2.24, 2.45) is 0 Å². The van der Waals surface area contributed by atoms with Crippen LogP contribution in [0.5, 0.6) is 0 Å². The maximum Gasteiger partial charge on any atom is 0.164 e. The molecular formula is C45H25N3O2S. The van der Waals surface area contributed by atoms with Gasteiger partial charge >= 0.3 is 0 Å². The number of hydrogen-bond acceptors (Lipinski definition) is 6. The number of rotatable bonds is 4. The van der Waals surface area contributed by atoms with Gasteiger partial charge in [-0.15, -0.1) is 11.3 Å². The summed E-state index contributed by atoms with van der Waals surface area (Å²) in [6.07, 6.45) is 0. The zero-order valence-corrected chi connectivity index (χ0v) is 27.8. The Labute approximate surface area is 295 Å². The highest BCUT2D eigenvalue weighted by atomic mass is 32.1. The van der Waals surface area contributed by atoms with Gasteiger partial charge in [0.15, 0.2) is 17.5 Å². The summed E-state index contributed by atoms with van der Waals surface area (Å²) in [5, 5.41) is 6.69. The number of furan rings is 2. The Balaban J connectivity index is 1.08. The van der Waals surface area contributed by atoms with Crippen LogP contribution in [0.25, 0.3) is 109 Å². The minimum absolute atomic E-state index is 0.594. The molecule has 0 amide bonds. The van der Waals surface area contributed by atoms with Gasteiger partial charge in [0.25, 0.3) is 0 Å². The number of nitrogens with zero attached hydrogens (tertiary/aromatic N) is 3. The predicted octanol–water partition coefficient (Wildman–Crippen LogP) is 12.7. The van der Waals surface area contributed by atoms with Gasteiger partial charge in [0.05, 0.1) is 0 Å². The fourth-order valence-electron chi connectivity index (χ4n) is 7.40. The minimum Gasteiger partial charge on any atom is -0.456 e. The molecule has 11 rings (SSSR count). The summed E-state index contributed by atoms with van der Waals surface area (Å²) in [6.45, 7) is 0. The third-order valence-electron chi connectivity index (χ3n) is 9.75. The molecule has 51 heavy (non-hydrogen) atoms. The van der Waals surface area contributed by atoms with Crippen molar-refractivity contribution in [3.8, 4) is 45.3 Å². The molecule has 6 heteroatoms. The zero-order valence-electron chi connectivity index (χ0n) is 27.0. The number of fused-ring (bicyclic) bond motifs is 9. The van der Waals surface area contributed by atoms with Crippen molar-refractivity contribution in [1.82, 2.24) is 15.0 Å². The first-order valence-corrected chi connectivity index (χ1v) is 17.7. The van der Waals surface area contributed by atoms with Crippen LogP contribution < -0.4 is 0 Å². The van der Waals surface area contributed by atoms with Gasteiger partial charge in [0, 0.05) is 58.4 Å². The molecule has 4 heterocycles. The lowest BCUT2D eigenvalue weighted by atomic mass is 9.98. The van der Waals surface area contributed by atoms with Crippen LogP contribution in [0, 0.1) is 0 Å². The van der Waals surface area contributed by atoms with Gasteiger partial charge < -0.3 is 8.83 Å². The van der Waals surface area contributed by atoms with E-state index in [2.05, 4.69) is 97.1 Å². The first-order chi connectivity index (χ1) is 25.2. The van der Waals surface area contributed by atoms with E-state index in [1.807, 2.05) is 54.6 Å². The Morgan fingerprint density at radius 3 is 1.94 bits per heavy atom. The molecule has 11 aromatic rings. The second-order valence-electron chi connectivity index (χ2n) is 12.8. The third kappa shape index (κ3) is 4.43. The Morgan fingerprint density at radius 1 is 0.353 bits per heavy atom. The average molecular weight is 672 g/mol. The summed E-state index contributed by atoms with van der Waals surface area (Å²) in [6, 6.07) is 52.1. The first kappa shape index (κ1) is 28.2. The molecule has 4 aromatic heterocycles. The Hall–Kier alpha value is -6.63. The van der Waals surface area contributed by atoms with E-state index < -0.39 is 0 Å². The highest BCUT2D eigenvalue weighted by molar-refractivity contribution is 7.25. The number of para-hydroxylation sites is 1. The molecule has 0 unspecified atom stereocenters. The van der Waals surface area contributed by atoms with Crippen LogP contribution in [0.4, 0.5) is 0 Å². The largest absolute Gasteiger partial charge is 0.456 e. The van der Waals surface area contributed by atoms with Crippen molar-refractivity contribution < 1.29 is 8.83 Å². The lowest BCUT2D eigenvalue weighted by Gasteiger charge is -2.09. The van der Waals surface area contributed by atoms with E-state index >= 15 is 0 Å². The molecule has 0 atom stereocenters. The second-order valence-corrected chi connectivity index (χ2v) is 13.8. The maximum atomic E-state index is 6.49. The quantitative estimate of drug-likeness (QED) is 0.186. The van der Waals surface area contributed by atoms with Crippen molar-refractivity contribution in [2.45, 2.75) is 0 Å². The van der Waals surface area contributed by atoms with E-state index in [1.165, 1.54) is 14.8 Å². The number of aromatic nitrogens is 3. The van der Waals surface area contributed by atoms with Crippen LogP contribution in [0.2, 0.25) is 0 Å². The molecule has 0 saturated heterocycles. The summed E-state index contributed by atoms with van der Waals surface area (Å²) in [5.74, 6) is 1.86. The summed E-state index contributed by atoms with van der Waals surface area (Å²) in [4.78, 5) is 15.2. The molecule has 5 nitrogen and oxygen atoms in total. The van der Waals surface area contributed by atoms with Gasteiger partial charge in [-0.25, -0.2) is 15.0 Å². The summed E-state index contributed by atoms with van der Waals surface area (Å²) in [7, 11) is 0. The topological polar surface area (TPSA) is 65.0 Å². The van der Waals surface area contributed by atoms with Crippen LogP contribution in [0.3, 0.4) is 0 Å². The molecule has 7 aromatic carbocycles. The fraction of sp³-hybridized carbons (Fsp3) is 0. The molecule has 0 fully saturated rings. The molecule has 0 aliphatic rings. The van der Waals surface area contributed by atoms with E-state index in [1.54, 1.807) is 11.3 Å². The van der Waals surface area contributed by atoms with Crippen LogP contribution >= 0.6 is 11.3 Å². The summed E-state index contributed by atoms with van der Waals surface area (Å²) < 4.78 is 15.1. The number of benzene rings is 7. The molecule has 0 spiro atoms. The standard InChI is InChI=1S/C45H25N3O2S/c1-2-10-26(11-3-1)43-46-44(48-45(47-43)33-15-9-19-40-42(33)32-13-5-7-18-39(32)51-40)28-20-22-30-34-24-27(21-23-36(34)50-38(30)25-28)29-14-8-17-37-41(29)31-12-4-6-16-35(31)49-37/h1-25H. The minimum atomic E-state index is 0.594. The predicted molar refractivity (Wildman–Crippen MR) is 209 cm³/mol.